The van der Waals surface area contributed by atoms with Crippen LogP contribution in [0.4, 0.5) is 0 Å². The van der Waals surface area contributed by atoms with Gasteiger partial charge in [-0.25, -0.2) is 4.79 Å². The molecule has 0 spiro atoms. The number of benzene rings is 1. The van der Waals surface area contributed by atoms with E-state index < -0.39 is 0 Å². The van der Waals surface area contributed by atoms with Gasteiger partial charge in [0.2, 0.25) is 0 Å². The Kier molecular flexibility index (Phi) is 4.45. The highest BCUT2D eigenvalue weighted by Gasteiger charge is 2.20. The maximum Gasteiger partial charge on any atom is 0.336 e. The Morgan fingerprint density at radius 2 is 2.05 bits per heavy atom. The van der Waals surface area contributed by atoms with Crippen molar-refractivity contribution in [3.8, 4) is 5.75 Å². The van der Waals surface area contributed by atoms with Crippen LogP contribution in [-0.2, 0) is 17.7 Å². The first-order valence-corrected chi connectivity index (χ1v) is 7.88. The summed E-state index contributed by atoms with van der Waals surface area (Å²) in [6.45, 7) is 5.98. The van der Waals surface area contributed by atoms with Crippen LogP contribution in [0.15, 0.2) is 27.4 Å². The van der Waals surface area contributed by atoms with Gasteiger partial charge in [0.25, 0.3) is 0 Å². The molecule has 2 aromatic rings. The minimum atomic E-state index is -0.347. The highest BCUT2D eigenvalue weighted by atomic mass is 16.5. The van der Waals surface area contributed by atoms with Gasteiger partial charge in [0.05, 0.1) is 18.8 Å². The summed E-state index contributed by atoms with van der Waals surface area (Å²) in [5.74, 6) is 0.197. The normalized spacial score (nSPS) is 16.2. The molecule has 0 unspecified atom stereocenters. The first-order valence-electron chi connectivity index (χ1n) is 7.88. The highest BCUT2D eigenvalue weighted by Crippen LogP contribution is 2.28. The maximum absolute atomic E-state index is 11.9. The van der Waals surface area contributed by atoms with Crippen molar-refractivity contribution < 1.29 is 19.2 Å². The van der Waals surface area contributed by atoms with E-state index in [9.17, 15) is 9.90 Å². The number of nitrogens with one attached hydrogen (secondary N) is 1. The van der Waals surface area contributed by atoms with Gasteiger partial charge >= 0.3 is 5.63 Å². The Labute approximate surface area is 129 Å². The molecule has 0 radical (unpaired) electrons. The third kappa shape index (κ3) is 3.00. The summed E-state index contributed by atoms with van der Waals surface area (Å²) in [7, 11) is 0. The zero-order valence-corrected chi connectivity index (χ0v) is 12.9. The van der Waals surface area contributed by atoms with Crippen LogP contribution in [0.25, 0.3) is 11.0 Å². The summed E-state index contributed by atoms with van der Waals surface area (Å²) in [5.41, 5.74) is 1.91. The Hall–Kier alpha value is -1.85. The van der Waals surface area contributed by atoms with Gasteiger partial charge < -0.3 is 19.2 Å². The number of hydrogen-bond donors (Lipinski definition) is 2. The van der Waals surface area contributed by atoms with E-state index in [0.717, 1.165) is 55.7 Å². The molecule has 1 aromatic heterocycles. The smallest absolute Gasteiger partial charge is 0.336 e. The minimum Gasteiger partial charge on any atom is -0.507 e. The molecular weight excluding hydrogens is 282 g/mol. The number of fused-ring (bicyclic) bond motifs is 1. The summed E-state index contributed by atoms with van der Waals surface area (Å²) < 4.78 is 10.8. The minimum absolute atomic E-state index is 0.197. The molecular formula is C17H22NO4+. The van der Waals surface area contributed by atoms with Gasteiger partial charge in [-0.3, -0.25) is 0 Å². The molecule has 5 nitrogen and oxygen atoms in total. The maximum atomic E-state index is 11.9. The van der Waals surface area contributed by atoms with Crippen LogP contribution >= 0.6 is 0 Å². The largest absolute Gasteiger partial charge is 0.507 e. The summed E-state index contributed by atoms with van der Waals surface area (Å²) in [4.78, 5) is 13.2. The Balaban J connectivity index is 2.07. The summed E-state index contributed by atoms with van der Waals surface area (Å²) in [6.07, 6.45) is 1.79. The van der Waals surface area contributed by atoms with Crippen molar-refractivity contribution in [1.82, 2.24) is 0 Å². The standard InChI is InChI=1S/C17H21NO4/c1-2-3-12-10-16(20)22-17-13(12)4-5-15(19)14(17)11-18-6-8-21-9-7-18/h4-5,10,19H,2-3,6-9,11H2,1H3/p+1. The molecule has 1 fully saturated rings. The van der Waals surface area contributed by atoms with Crippen molar-refractivity contribution in [1.29, 1.82) is 0 Å². The third-order valence-electron chi connectivity index (χ3n) is 4.22. The van der Waals surface area contributed by atoms with Crippen molar-refractivity contribution in [2.75, 3.05) is 26.3 Å². The van der Waals surface area contributed by atoms with Crippen LogP contribution in [0.3, 0.4) is 0 Å². The molecule has 0 aliphatic carbocycles. The van der Waals surface area contributed by atoms with Crippen molar-refractivity contribution >= 4 is 11.0 Å². The SMILES string of the molecule is CCCc1cc(=O)oc2c(C[NH+]3CCOCC3)c(O)ccc12. The van der Waals surface area contributed by atoms with E-state index in [4.69, 9.17) is 9.15 Å². The fourth-order valence-corrected chi connectivity index (χ4v) is 3.07. The van der Waals surface area contributed by atoms with Gasteiger partial charge in [0.15, 0.2) is 5.58 Å². The molecule has 1 saturated heterocycles. The molecule has 0 bridgehead atoms. The highest BCUT2D eigenvalue weighted by molar-refractivity contribution is 5.85. The lowest BCUT2D eigenvalue weighted by molar-refractivity contribution is -0.921. The molecule has 2 heterocycles. The molecule has 118 valence electrons. The fourth-order valence-electron chi connectivity index (χ4n) is 3.07. The number of ether oxygens (including phenoxy) is 1. The quantitative estimate of drug-likeness (QED) is 0.823. The van der Waals surface area contributed by atoms with Gasteiger partial charge in [0, 0.05) is 11.5 Å². The Bertz CT molecular complexity index is 716. The molecule has 0 saturated carbocycles. The van der Waals surface area contributed by atoms with Crippen LogP contribution < -0.4 is 10.5 Å². The first-order chi connectivity index (χ1) is 10.7. The van der Waals surface area contributed by atoms with Gasteiger partial charge in [0.1, 0.15) is 25.4 Å². The van der Waals surface area contributed by atoms with Gasteiger partial charge in [-0.15, -0.1) is 0 Å². The molecule has 1 aromatic carbocycles. The van der Waals surface area contributed by atoms with Crippen molar-refractivity contribution in [2.24, 2.45) is 0 Å². The van der Waals surface area contributed by atoms with Crippen LogP contribution in [0.1, 0.15) is 24.5 Å². The zero-order chi connectivity index (χ0) is 15.5. The summed E-state index contributed by atoms with van der Waals surface area (Å²) in [6, 6.07) is 5.11. The van der Waals surface area contributed by atoms with Crippen LogP contribution in [0.5, 0.6) is 5.75 Å². The second kappa shape index (κ2) is 6.50. The lowest BCUT2D eigenvalue weighted by Crippen LogP contribution is -3.12. The number of hydrogen-bond acceptors (Lipinski definition) is 4. The van der Waals surface area contributed by atoms with E-state index >= 15 is 0 Å². The molecule has 0 amide bonds. The van der Waals surface area contributed by atoms with Crippen LogP contribution in [0, 0.1) is 0 Å². The van der Waals surface area contributed by atoms with Gasteiger partial charge in [-0.1, -0.05) is 13.3 Å². The van der Waals surface area contributed by atoms with Gasteiger partial charge in [-0.2, -0.15) is 0 Å². The lowest BCUT2D eigenvalue weighted by atomic mass is 10.0. The van der Waals surface area contributed by atoms with Gasteiger partial charge in [-0.05, 0) is 24.1 Å². The number of aromatic hydroxyl groups is 1. The van der Waals surface area contributed by atoms with Crippen molar-refractivity contribution in [3.05, 3.63) is 39.7 Å². The second-order valence-corrected chi connectivity index (χ2v) is 5.82. The Morgan fingerprint density at radius 1 is 1.27 bits per heavy atom. The fraction of sp³-hybridized carbons (Fsp3) is 0.471. The number of phenolic OH excluding ortho intramolecular Hbond substituents is 1. The van der Waals surface area contributed by atoms with E-state index in [2.05, 4.69) is 6.92 Å². The third-order valence-corrected chi connectivity index (χ3v) is 4.22. The molecule has 3 rings (SSSR count). The van der Waals surface area contributed by atoms with Crippen LogP contribution in [0.2, 0.25) is 0 Å². The van der Waals surface area contributed by atoms with Crippen molar-refractivity contribution in [3.63, 3.8) is 0 Å². The molecule has 1 aliphatic heterocycles. The monoisotopic (exact) mass is 304 g/mol. The van der Waals surface area contributed by atoms with E-state index in [1.54, 1.807) is 12.1 Å². The predicted octanol–water partition coefficient (Wildman–Crippen LogP) is 0.866. The first kappa shape index (κ1) is 15.1. The number of rotatable bonds is 4. The predicted molar refractivity (Wildman–Crippen MR) is 83.4 cm³/mol. The molecule has 1 aliphatic rings. The molecule has 5 heteroatoms. The number of phenols is 1. The lowest BCUT2D eigenvalue weighted by Gasteiger charge is -2.24. The summed E-state index contributed by atoms with van der Waals surface area (Å²) >= 11 is 0. The molecule has 2 N–H and O–H groups in total. The number of quaternary nitrogens is 1. The van der Waals surface area contributed by atoms with E-state index in [0.29, 0.717) is 12.1 Å². The van der Waals surface area contributed by atoms with Crippen molar-refractivity contribution in [2.45, 2.75) is 26.3 Å². The average Bonchev–Trinajstić information content (AvgIpc) is 2.51. The van der Waals surface area contributed by atoms with Crippen LogP contribution in [-0.4, -0.2) is 31.4 Å². The summed E-state index contributed by atoms with van der Waals surface area (Å²) in [5, 5.41) is 11.2. The number of aryl methyl sites for hydroxylation is 1. The average molecular weight is 304 g/mol. The number of morpholine rings is 1. The van der Waals surface area contributed by atoms with E-state index in [-0.39, 0.29) is 11.4 Å². The van der Waals surface area contributed by atoms with E-state index in [1.165, 1.54) is 4.90 Å². The zero-order valence-electron chi connectivity index (χ0n) is 12.9. The van der Waals surface area contributed by atoms with E-state index in [1.807, 2.05) is 6.07 Å². The Morgan fingerprint density at radius 3 is 2.77 bits per heavy atom. The molecule has 0 atom stereocenters. The topological polar surface area (TPSA) is 64.1 Å². The second-order valence-electron chi connectivity index (χ2n) is 5.82. The molecule has 22 heavy (non-hydrogen) atoms.